The Bertz CT molecular complexity index is 670. The van der Waals surface area contributed by atoms with E-state index < -0.39 is 24.1 Å². The molecule has 2 aliphatic rings. The molecule has 7 heteroatoms. The summed E-state index contributed by atoms with van der Waals surface area (Å²) >= 11 is 0. The summed E-state index contributed by atoms with van der Waals surface area (Å²) in [6.07, 6.45) is 1.92. The number of hydrogen-bond acceptors (Lipinski definition) is 4. The number of aliphatic carboxylic acids is 1. The number of rotatable bonds is 6. The number of benzene rings is 1. The Morgan fingerprint density at radius 3 is 2.33 bits per heavy atom. The van der Waals surface area contributed by atoms with Crippen molar-refractivity contribution in [2.45, 2.75) is 44.3 Å². The zero-order valence-electron chi connectivity index (χ0n) is 15.3. The monoisotopic (exact) mass is 374 g/mol. The molecule has 2 aliphatic heterocycles. The molecule has 0 bridgehead atoms. The van der Waals surface area contributed by atoms with Gasteiger partial charge in [-0.25, -0.2) is 4.79 Å². The van der Waals surface area contributed by atoms with Crippen molar-refractivity contribution in [2.75, 3.05) is 19.6 Å². The molecule has 2 saturated heterocycles. The summed E-state index contributed by atoms with van der Waals surface area (Å²) in [7, 11) is 0. The van der Waals surface area contributed by atoms with Gasteiger partial charge in [0, 0.05) is 13.1 Å². The van der Waals surface area contributed by atoms with Crippen molar-refractivity contribution < 1.29 is 24.2 Å². The fourth-order valence-corrected chi connectivity index (χ4v) is 3.73. The van der Waals surface area contributed by atoms with E-state index in [0.717, 1.165) is 19.3 Å². The van der Waals surface area contributed by atoms with Crippen molar-refractivity contribution in [1.29, 1.82) is 0 Å². The minimum absolute atomic E-state index is 0.0697. The summed E-state index contributed by atoms with van der Waals surface area (Å²) in [5.41, 5.74) is 1.32. The number of hydrogen-bond donors (Lipinski definition) is 2. The van der Waals surface area contributed by atoms with Crippen LogP contribution >= 0.6 is 0 Å². The smallest absolute Gasteiger partial charge is 0.332 e. The molecule has 0 aromatic heterocycles. The minimum atomic E-state index is -1.06. The highest BCUT2D eigenvalue weighted by Crippen LogP contribution is 2.22. The van der Waals surface area contributed by atoms with E-state index in [2.05, 4.69) is 17.4 Å². The topological polar surface area (TPSA) is 95.9 Å². The third kappa shape index (κ3) is 5.29. The lowest BCUT2D eigenvalue weighted by molar-refractivity contribution is -0.152. The van der Waals surface area contributed by atoms with E-state index in [-0.39, 0.29) is 12.5 Å². The van der Waals surface area contributed by atoms with E-state index in [4.69, 9.17) is 9.84 Å². The average molecular weight is 374 g/mol. The van der Waals surface area contributed by atoms with E-state index >= 15 is 0 Å². The van der Waals surface area contributed by atoms with Gasteiger partial charge in [0.2, 0.25) is 11.8 Å². The lowest BCUT2D eigenvalue weighted by Crippen LogP contribution is -2.46. The standard InChI is InChI=1S/C20H26N2O5/c23-18(13-21-19(24)16-6-7-17(27-16)20(25)26)22-10-8-15(9-11-22)12-14-4-2-1-3-5-14/h1-5,15-17H,6-13H2,(H,21,24)(H,25,26)/t16-,17+/m0/s1. The predicted octanol–water partition coefficient (Wildman–Crippen LogP) is 1.22. The summed E-state index contributed by atoms with van der Waals surface area (Å²) in [6.45, 7) is 1.33. The van der Waals surface area contributed by atoms with E-state index in [9.17, 15) is 14.4 Å². The van der Waals surface area contributed by atoms with E-state index in [1.807, 2.05) is 18.2 Å². The lowest BCUT2D eigenvalue weighted by atomic mass is 9.90. The van der Waals surface area contributed by atoms with Gasteiger partial charge in [0.1, 0.15) is 6.10 Å². The molecule has 146 valence electrons. The summed E-state index contributed by atoms with van der Waals surface area (Å²) < 4.78 is 5.20. The maximum Gasteiger partial charge on any atom is 0.332 e. The first kappa shape index (κ1) is 19.4. The molecule has 2 fully saturated rings. The first-order chi connectivity index (χ1) is 13.0. The molecule has 0 unspecified atom stereocenters. The maximum atomic E-state index is 12.3. The molecule has 2 heterocycles. The van der Waals surface area contributed by atoms with Gasteiger partial charge in [-0.15, -0.1) is 0 Å². The molecule has 0 radical (unpaired) electrons. The van der Waals surface area contributed by atoms with Crippen molar-refractivity contribution in [2.24, 2.45) is 5.92 Å². The quantitative estimate of drug-likeness (QED) is 0.780. The van der Waals surface area contributed by atoms with Crippen LogP contribution in [0.4, 0.5) is 0 Å². The molecule has 0 spiro atoms. The Morgan fingerprint density at radius 2 is 1.70 bits per heavy atom. The first-order valence-corrected chi connectivity index (χ1v) is 9.50. The van der Waals surface area contributed by atoms with Crippen LogP contribution in [-0.2, 0) is 25.5 Å². The molecule has 1 aromatic carbocycles. The second kappa shape index (κ2) is 8.99. The number of nitrogens with zero attached hydrogens (tertiary/aromatic N) is 1. The highest BCUT2D eigenvalue weighted by molar-refractivity contribution is 5.87. The van der Waals surface area contributed by atoms with Gasteiger partial charge in [-0.3, -0.25) is 9.59 Å². The van der Waals surface area contributed by atoms with Crippen LogP contribution in [0.25, 0.3) is 0 Å². The molecule has 0 saturated carbocycles. The van der Waals surface area contributed by atoms with Crippen LogP contribution in [0.2, 0.25) is 0 Å². The molecule has 3 rings (SSSR count). The molecular formula is C20H26N2O5. The maximum absolute atomic E-state index is 12.3. The van der Waals surface area contributed by atoms with Crippen molar-refractivity contribution in [3.05, 3.63) is 35.9 Å². The molecule has 7 nitrogen and oxygen atoms in total. The molecule has 2 N–H and O–H groups in total. The SMILES string of the molecule is O=C(NCC(=O)N1CCC(Cc2ccccc2)CC1)[C@@H]1CC[C@H](C(=O)O)O1. The number of piperidine rings is 1. The largest absolute Gasteiger partial charge is 0.479 e. The van der Waals surface area contributed by atoms with Crippen LogP contribution in [-0.4, -0.2) is 59.6 Å². The Morgan fingerprint density at radius 1 is 1.04 bits per heavy atom. The van der Waals surface area contributed by atoms with Gasteiger partial charge in [-0.1, -0.05) is 30.3 Å². The van der Waals surface area contributed by atoms with Gasteiger partial charge in [-0.2, -0.15) is 0 Å². The first-order valence-electron chi connectivity index (χ1n) is 9.50. The predicted molar refractivity (Wildman–Crippen MR) is 98.0 cm³/mol. The van der Waals surface area contributed by atoms with Gasteiger partial charge in [0.15, 0.2) is 6.10 Å². The zero-order valence-corrected chi connectivity index (χ0v) is 15.3. The summed E-state index contributed by atoms with van der Waals surface area (Å²) in [4.78, 5) is 37.0. The van der Waals surface area contributed by atoms with Crippen LogP contribution in [0.3, 0.4) is 0 Å². The number of ether oxygens (including phenoxy) is 1. The second-order valence-electron chi connectivity index (χ2n) is 7.26. The average Bonchev–Trinajstić information content (AvgIpc) is 3.18. The van der Waals surface area contributed by atoms with Crippen molar-refractivity contribution in [1.82, 2.24) is 10.2 Å². The van der Waals surface area contributed by atoms with Gasteiger partial charge < -0.3 is 20.1 Å². The minimum Gasteiger partial charge on any atom is -0.479 e. The number of carboxylic acid groups (broad SMARTS) is 1. The van der Waals surface area contributed by atoms with Gasteiger partial charge in [-0.05, 0) is 43.6 Å². The molecule has 0 aliphatic carbocycles. The molecular weight excluding hydrogens is 348 g/mol. The van der Waals surface area contributed by atoms with Crippen LogP contribution in [0, 0.1) is 5.92 Å². The molecule has 27 heavy (non-hydrogen) atoms. The van der Waals surface area contributed by atoms with Crippen molar-refractivity contribution in [3.8, 4) is 0 Å². The number of carbonyl (C=O) groups excluding carboxylic acids is 2. The van der Waals surface area contributed by atoms with E-state index in [0.29, 0.717) is 31.8 Å². The number of likely N-dealkylation sites (tertiary alicyclic amines) is 1. The zero-order chi connectivity index (χ0) is 19.2. The fourth-order valence-electron chi connectivity index (χ4n) is 3.73. The van der Waals surface area contributed by atoms with Crippen LogP contribution in [0.5, 0.6) is 0 Å². The highest BCUT2D eigenvalue weighted by Gasteiger charge is 2.35. The molecule has 2 amide bonds. The van der Waals surface area contributed by atoms with Gasteiger partial charge in [0.25, 0.3) is 0 Å². The summed E-state index contributed by atoms with van der Waals surface area (Å²) in [5.74, 6) is -0.994. The van der Waals surface area contributed by atoms with Crippen LogP contribution < -0.4 is 5.32 Å². The Labute approximate surface area is 158 Å². The van der Waals surface area contributed by atoms with E-state index in [1.165, 1.54) is 5.56 Å². The van der Waals surface area contributed by atoms with Crippen molar-refractivity contribution in [3.63, 3.8) is 0 Å². The van der Waals surface area contributed by atoms with Crippen LogP contribution in [0.1, 0.15) is 31.2 Å². The number of nitrogens with one attached hydrogen (secondary N) is 1. The number of carbonyl (C=O) groups is 3. The summed E-state index contributed by atoms with van der Waals surface area (Å²) in [5, 5.41) is 11.5. The summed E-state index contributed by atoms with van der Waals surface area (Å²) in [6, 6.07) is 10.4. The second-order valence-corrected chi connectivity index (χ2v) is 7.26. The normalized spacial score (nSPS) is 23.2. The van der Waals surface area contributed by atoms with E-state index in [1.54, 1.807) is 4.90 Å². The van der Waals surface area contributed by atoms with Crippen molar-refractivity contribution >= 4 is 17.8 Å². The number of carboxylic acids is 1. The number of amides is 2. The van der Waals surface area contributed by atoms with Gasteiger partial charge in [0.05, 0.1) is 6.54 Å². The Balaban J connectivity index is 1.37. The highest BCUT2D eigenvalue weighted by atomic mass is 16.5. The lowest BCUT2D eigenvalue weighted by Gasteiger charge is -2.32. The third-order valence-electron chi connectivity index (χ3n) is 5.34. The van der Waals surface area contributed by atoms with Crippen LogP contribution in [0.15, 0.2) is 30.3 Å². The van der Waals surface area contributed by atoms with Gasteiger partial charge >= 0.3 is 5.97 Å². The molecule has 1 aromatic rings. The molecule has 2 atom stereocenters. The third-order valence-corrected chi connectivity index (χ3v) is 5.34. The fraction of sp³-hybridized carbons (Fsp3) is 0.550. The Hall–Kier alpha value is -2.41. The Kier molecular flexibility index (Phi) is 6.45.